The number of thiophene rings is 1. The third kappa shape index (κ3) is 1.90. The first-order chi connectivity index (χ1) is 8.66. The Morgan fingerprint density at radius 2 is 2.33 bits per heavy atom. The zero-order valence-corrected chi connectivity index (χ0v) is 10.6. The summed E-state index contributed by atoms with van der Waals surface area (Å²) in [6.07, 6.45) is 2.37. The summed E-state index contributed by atoms with van der Waals surface area (Å²) >= 11 is 1.64. The van der Waals surface area contributed by atoms with Gasteiger partial charge < -0.3 is 5.11 Å². The van der Waals surface area contributed by atoms with Gasteiger partial charge >= 0.3 is 5.97 Å². The second kappa shape index (κ2) is 4.17. The molecule has 4 nitrogen and oxygen atoms in total. The van der Waals surface area contributed by atoms with Crippen LogP contribution in [0.25, 0.3) is 10.6 Å². The summed E-state index contributed by atoms with van der Waals surface area (Å²) in [5.74, 6) is -0.401. The molecule has 1 aliphatic carbocycles. The molecular formula is C13H12N2O2S. The molecule has 1 saturated carbocycles. The Kier molecular flexibility index (Phi) is 2.63. The van der Waals surface area contributed by atoms with Crippen molar-refractivity contribution in [2.24, 2.45) is 5.92 Å². The minimum Gasteiger partial charge on any atom is -0.481 e. The predicted molar refractivity (Wildman–Crippen MR) is 68.6 cm³/mol. The molecule has 2 unspecified atom stereocenters. The molecule has 18 heavy (non-hydrogen) atoms. The molecule has 1 fully saturated rings. The monoisotopic (exact) mass is 260 g/mol. The second-order valence-electron chi connectivity index (χ2n) is 4.52. The van der Waals surface area contributed by atoms with Crippen molar-refractivity contribution < 1.29 is 9.90 Å². The van der Waals surface area contributed by atoms with Gasteiger partial charge in [-0.25, -0.2) is 9.97 Å². The molecule has 2 aromatic heterocycles. The molecule has 5 heteroatoms. The lowest BCUT2D eigenvalue weighted by Crippen LogP contribution is -2.01. The average molecular weight is 260 g/mol. The molecule has 0 radical (unpaired) electrons. The highest BCUT2D eigenvalue weighted by molar-refractivity contribution is 7.13. The fourth-order valence-electron chi connectivity index (χ4n) is 2.07. The standard InChI is InChI=1S/C13H12N2O2S/c1-7-3-5-18-11(7)10-2-4-14-12(15-10)8-6-9(8)13(16)17/h2-5,8-9H,6H2,1H3,(H,16,17). The number of carboxylic acid groups (broad SMARTS) is 1. The van der Waals surface area contributed by atoms with Crippen LogP contribution in [0.1, 0.15) is 23.7 Å². The summed E-state index contributed by atoms with van der Waals surface area (Å²) in [6.45, 7) is 2.05. The van der Waals surface area contributed by atoms with Crippen molar-refractivity contribution in [1.82, 2.24) is 9.97 Å². The number of rotatable bonds is 3. The minimum atomic E-state index is -0.749. The molecule has 92 valence electrons. The lowest BCUT2D eigenvalue weighted by Gasteiger charge is -2.02. The molecule has 0 aromatic carbocycles. The maximum absolute atomic E-state index is 10.9. The zero-order chi connectivity index (χ0) is 12.7. The van der Waals surface area contributed by atoms with E-state index in [9.17, 15) is 4.79 Å². The van der Waals surface area contributed by atoms with E-state index in [4.69, 9.17) is 5.11 Å². The molecule has 3 rings (SSSR count). The van der Waals surface area contributed by atoms with Gasteiger partial charge in [0.25, 0.3) is 0 Å². The van der Waals surface area contributed by atoms with Crippen molar-refractivity contribution in [3.8, 4) is 10.6 Å². The highest BCUT2D eigenvalue weighted by Crippen LogP contribution is 2.46. The Hall–Kier alpha value is -1.75. The third-order valence-electron chi connectivity index (χ3n) is 3.21. The van der Waals surface area contributed by atoms with Crippen LogP contribution < -0.4 is 0 Å². The molecule has 2 atom stereocenters. The molecule has 0 bridgehead atoms. The Morgan fingerprint density at radius 1 is 1.50 bits per heavy atom. The molecule has 0 saturated heterocycles. The van der Waals surface area contributed by atoms with Crippen LogP contribution in [-0.2, 0) is 4.79 Å². The Morgan fingerprint density at radius 3 is 2.94 bits per heavy atom. The number of nitrogens with zero attached hydrogens (tertiary/aromatic N) is 2. The van der Waals surface area contributed by atoms with E-state index < -0.39 is 5.97 Å². The van der Waals surface area contributed by atoms with Crippen LogP contribution in [0.4, 0.5) is 0 Å². The summed E-state index contributed by atoms with van der Waals surface area (Å²) in [5.41, 5.74) is 2.08. The number of aromatic nitrogens is 2. The zero-order valence-electron chi connectivity index (χ0n) is 9.83. The van der Waals surface area contributed by atoms with E-state index in [1.807, 2.05) is 18.4 Å². The molecule has 0 aliphatic heterocycles. The maximum Gasteiger partial charge on any atom is 0.307 e. The largest absolute Gasteiger partial charge is 0.481 e. The number of aryl methyl sites for hydroxylation is 1. The molecule has 1 N–H and O–H groups in total. The fraction of sp³-hybridized carbons (Fsp3) is 0.308. The van der Waals surface area contributed by atoms with Gasteiger partial charge in [-0.15, -0.1) is 11.3 Å². The van der Waals surface area contributed by atoms with Crippen LogP contribution in [0.2, 0.25) is 0 Å². The van der Waals surface area contributed by atoms with E-state index in [0.29, 0.717) is 12.2 Å². The summed E-state index contributed by atoms with van der Waals surface area (Å²) < 4.78 is 0. The van der Waals surface area contributed by atoms with Crippen LogP contribution in [0.3, 0.4) is 0 Å². The third-order valence-corrected chi connectivity index (χ3v) is 4.25. The van der Waals surface area contributed by atoms with Gasteiger partial charge in [-0.1, -0.05) is 0 Å². The highest BCUT2D eigenvalue weighted by atomic mass is 32.1. The smallest absolute Gasteiger partial charge is 0.307 e. The predicted octanol–water partition coefficient (Wildman–Crippen LogP) is 2.70. The molecule has 0 amide bonds. The van der Waals surface area contributed by atoms with Crippen LogP contribution in [0, 0.1) is 12.8 Å². The van der Waals surface area contributed by atoms with E-state index in [0.717, 1.165) is 10.6 Å². The van der Waals surface area contributed by atoms with Gasteiger partial charge in [0.2, 0.25) is 0 Å². The molecule has 2 aromatic rings. The molecule has 0 spiro atoms. The van der Waals surface area contributed by atoms with Gasteiger partial charge in [-0.2, -0.15) is 0 Å². The number of hydrogen-bond donors (Lipinski definition) is 1. The van der Waals surface area contributed by atoms with Crippen LogP contribution >= 0.6 is 11.3 Å². The van der Waals surface area contributed by atoms with Crippen molar-refractivity contribution in [3.63, 3.8) is 0 Å². The first kappa shape index (κ1) is 11.3. The second-order valence-corrected chi connectivity index (χ2v) is 5.44. The van der Waals surface area contributed by atoms with Crippen molar-refractivity contribution >= 4 is 17.3 Å². The Balaban J connectivity index is 1.91. The first-order valence-electron chi connectivity index (χ1n) is 5.77. The minimum absolute atomic E-state index is 0.0114. The number of carboxylic acids is 1. The maximum atomic E-state index is 10.9. The normalized spacial score (nSPS) is 21.8. The van der Waals surface area contributed by atoms with Gasteiger partial charge in [0.05, 0.1) is 16.5 Å². The molecular weight excluding hydrogens is 248 g/mol. The van der Waals surface area contributed by atoms with Crippen molar-refractivity contribution in [1.29, 1.82) is 0 Å². The van der Waals surface area contributed by atoms with Crippen LogP contribution in [0.15, 0.2) is 23.7 Å². The summed E-state index contributed by atoms with van der Waals surface area (Å²) in [7, 11) is 0. The summed E-state index contributed by atoms with van der Waals surface area (Å²) in [6, 6.07) is 3.93. The van der Waals surface area contributed by atoms with Gasteiger partial charge in [-0.3, -0.25) is 4.79 Å². The number of aliphatic carboxylic acids is 1. The Bertz CT molecular complexity index is 609. The van der Waals surface area contributed by atoms with Crippen molar-refractivity contribution in [2.75, 3.05) is 0 Å². The first-order valence-corrected chi connectivity index (χ1v) is 6.65. The topological polar surface area (TPSA) is 63.1 Å². The van der Waals surface area contributed by atoms with E-state index >= 15 is 0 Å². The van der Waals surface area contributed by atoms with Gasteiger partial charge in [-0.05, 0) is 36.4 Å². The lowest BCUT2D eigenvalue weighted by atomic mass is 10.2. The SMILES string of the molecule is Cc1ccsc1-c1ccnc(C2CC2C(=O)O)n1. The van der Waals surface area contributed by atoms with Crippen LogP contribution in [0.5, 0.6) is 0 Å². The molecule has 2 heterocycles. The fourth-order valence-corrected chi connectivity index (χ4v) is 2.96. The van der Waals surface area contributed by atoms with Crippen molar-refractivity contribution in [2.45, 2.75) is 19.3 Å². The summed E-state index contributed by atoms with van der Waals surface area (Å²) in [5, 5.41) is 11.0. The van der Waals surface area contributed by atoms with Gasteiger partial charge in [0.1, 0.15) is 5.82 Å². The highest BCUT2D eigenvalue weighted by Gasteiger charge is 2.46. The summed E-state index contributed by atoms with van der Waals surface area (Å²) in [4.78, 5) is 20.7. The van der Waals surface area contributed by atoms with Gasteiger partial charge in [0.15, 0.2) is 0 Å². The molecule has 1 aliphatic rings. The quantitative estimate of drug-likeness (QED) is 0.921. The van der Waals surface area contributed by atoms with E-state index in [2.05, 4.69) is 16.0 Å². The number of hydrogen-bond acceptors (Lipinski definition) is 4. The average Bonchev–Trinajstić information content (AvgIpc) is 3.06. The lowest BCUT2D eigenvalue weighted by molar-refractivity contribution is -0.138. The van der Waals surface area contributed by atoms with Crippen LogP contribution in [-0.4, -0.2) is 21.0 Å². The van der Waals surface area contributed by atoms with Gasteiger partial charge in [0, 0.05) is 12.1 Å². The van der Waals surface area contributed by atoms with E-state index in [-0.39, 0.29) is 11.8 Å². The van der Waals surface area contributed by atoms with E-state index in [1.54, 1.807) is 17.5 Å². The van der Waals surface area contributed by atoms with E-state index in [1.165, 1.54) is 5.56 Å². The number of carbonyl (C=O) groups is 1. The Labute approximate surface area is 108 Å². The van der Waals surface area contributed by atoms with Crippen molar-refractivity contribution in [3.05, 3.63) is 35.1 Å².